The van der Waals surface area contributed by atoms with E-state index in [-0.39, 0.29) is 12.1 Å². The largest absolute Gasteiger partial charge is 0.482 e. The fourth-order valence-electron chi connectivity index (χ4n) is 8.54. The van der Waals surface area contributed by atoms with E-state index < -0.39 is 0 Å². The fourth-order valence-corrected chi connectivity index (χ4v) is 8.54. The lowest BCUT2D eigenvalue weighted by Gasteiger charge is -2.37. The zero-order valence-electron chi connectivity index (χ0n) is 28.8. The maximum absolute atomic E-state index is 7.13. The molecule has 3 heteroatoms. The van der Waals surface area contributed by atoms with E-state index in [2.05, 4.69) is 193 Å². The lowest BCUT2D eigenvalue weighted by Crippen LogP contribution is -2.42. The van der Waals surface area contributed by atoms with Crippen molar-refractivity contribution in [3.8, 4) is 28.0 Å². The SMILES string of the molecule is C1=CC(N(c2ccc(-c3ccccc3)cc2)c2cc3oc4cc5ccccc5cc4c3c3ccccc23)C2Oc3c(cccc3-c3ccccc3)C2=C1. The van der Waals surface area contributed by atoms with Crippen LogP contribution in [-0.4, -0.2) is 12.1 Å². The number of furan rings is 1. The Labute approximate surface area is 307 Å². The Kier molecular flexibility index (Phi) is 6.68. The van der Waals surface area contributed by atoms with E-state index in [9.17, 15) is 0 Å². The van der Waals surface area contributed by atoms with Gasteiger partial charge in [-0.1, -0.05) is 158 Å². The van der Waals surface area contributed by atoms with Crippen molar-refractivity contribution < 1.29 is 9.15 Å². The summed E-state index contributed by atoms with van der Waals surface area (Å²) in [6.45, 7) is 0. The van der Waals surface area contributed by atoms with E-state index in [0.29, 0.717) is 0 Å². The van der Waals surface area contributed by atoms with Gasteiger partial charge in [0.25, 0.3) is 0 Å². The van der Waals surface area contributed by atoms with Crippen LogP contribution < -0.4 is 9.64 Å². The summed E-state index contributed by atoms with van der Waals surface area (Å²) in [4.78, 5) is 2.46. The van der Waals surface area contributed by atoms with Crippen molar-refractivity contribution in [3.05, 3.63) is 194 Å². The number of benzene rings is 8. The molecule has 8 aromatic carbocycles. The van der Waals surface area contributed by atoms with Crippen LogP contribution in [0.25, 0.3) is 71.3 Å². The van der Waals surface area contributed by atoms with Gasteiger partial charge in [0, 0.05) is 44.6 Å². The van der Waals surface area contributed by atoms with E-state index >= 15 is 0 Å². The molecule has 1 aliphatic carbocycles. The normalized spacial score (nSPS) is 16.1. The van der Waals surface area contributed by atoms with Gasteiger partial charge >= 0.3 is 0 Å². The van der Waals surface area contributed by atoms with Gasteiger partial charge in [-0.3, -0.25) is 0 Å². The predicted octanol–water partition coefficient (Wildman–Crippen LogP) is 13.1. The number of para-hydroxylation sites is 1. The molecule has 0 amide bonds. The molecular weight excluding hydrogens is 647 g/mol. The van der Waals surface area contributed by atoms with Crippen molar-refractivity contribution in [2.45, 2.75) is 12.1 Å². The zero-order chi connectivity index (χ0) is 34.9. The van der Waals surface area contributed by atoms with Crippen LogP contribution in [0.3, 0.4) is 0 Å². The number of hydrogen-bond donors (Lipinski definition) is 0. The maximum Gasteiger partial charge on any atom is 0.149 e. The van der Waals surface area contributed by atoms with Crippen LogP contribution in [0.5, 0.6) is 5.75 Å². The number of nitrogens with zero attached hydrogens (tertiary/aromatic N) is 1. The fraction of sp³-hybridized carbons (Fsp3) is 0.0400. The highest BCUT2D eigenvalue weighted by molar-refractivity contribution is 6.23. The first kappa shape index (κ1) is 29.8. The van der Waals surface area contributed by atoms with Crippen molar-refractivity contribution in [2.24, 2.45) is 0 Å². The summed E-state index contributed by atoms with van der Waals surface area (Å²) in [6, 6.07) is 60.4. The molecule has 2 unspecified atom stereocenters. The Bertz CT molecular complexity index is 2920. The summed E-state index contributed by atoms with van der Waals surface area (Å²) in [5, 5.41) is 6.97. The van der Waals surface area contributed by atoms with Crippen LogP contribution in [0.2, 0.25) is 0 Å². The molecule has 0 radical (unpaired) electrons. The van der Waals surface area contributed by atoms with Gasteiger partial charge in [-0.15, -0.1) is 0 Å². The number of anilines is 2. The molecule has 0 N–H and O–H groups in total. The maximum atomic E-state index is 7.13. The van der Waals surface area contributed by atoms with Crippen LogP contribution in [0, 0.1) is 0 Å². The monoisotopic (exact) mass is 679 g/mol. The zero-order valence-corrected chi connectivity index (χ0v) is 28.8. The summed E-state index contributed by atoms with van der Waals surface area (Å²) >= 11 is 0. The summed E-state index contributed by atoms with van der Waals surface area (Å²) in [5.41, 5.74) is 10.9. The van der Waals surface area contributed by atoms with Crippen LogP contribution in [0.4, 0.5) is 11.4 Å². The molecule has 0 spiro atoms. The highest BCUT2D eigenvalue weighted by Gasteiger charge is 2.40. The van der Waals surface area contributed by atoms with E-state index in [1.165, 1.54) is 27.5 Å². The Hall–Kier alpha value is -6.84. The molecule has 2 atom stereocenters. The molecule has 250 valence electrons. The number of ether oxygens (including phenoxy) is 1. The average Bonchev–Trinajstić information content (AvgIpc) is 3.79. The number of fused-ring (bicyclic) bond motifs is 9. The number of allylic oxidation sites excluding steroid dienone is 2. The third-order valence-corrected chi connectivity index (χ3v) is 11.0. The molecule has 0 bridgehead atoms. The molecule has 53 heavy (non-hydrogen) atoms. The quantitative estimate of drug-likeness (QED) is 0.181. The highest BCUT2D eigenvalue weighted by Crippen LogP contribution is 2.50. The lowest BCUT2D eigenvalue weighted by molar-refractivity contribution is 0.259. The van der Waals surface area contributed by atoms with Crippen LogP contribution in [0.1, 0.15) is 5.56 Å². The minimum absolute atomic E-state index is 0.151. The van der Waals surface area contributed by atoms with E-state index in [1.54, 1.807) is 0 Å². The van der Waals surface area contributed by atoms with Crippen molar-refractivity contribution in [2.75, 3.05) is 4.90 Å². The van der Waals surface area contributed by atoms with E-state index in [4.69, 9.17) is 9.15 Å². The van der Waals surface area contributed by atoms with Gasteiger partial charge in [0.15, 0.2) is 0 Å². The van der Waals surface area contributed by atoms with Crippen LogP contribution in [-0.2, 0) is 0 Å². The van der Waals surface area contributed by atoms with Gasteiger partial charge in [-0.2, -0.15) is 0 Å². The number of rotatable bonds is 5. The molecule has 9 aromatic rings. The molecule has 0 saturated carbocycles. The minimum atomic E-state index is -0.232. The Morgan fingerprint density at radius 2 is 1.15 bits per heavy atom. The summed E-state index contributed by atoms with van der Waals surface area (Å²) < 4.78 is 13.9. The third kappa shape index (κ3) is 4.74. The van der Waals surface area contributed by atoms with Gasteiger partial charge in [-0.05, 0) is 57.1 Å². The molecule has 2 heterocycles. The first-order valence-electron chi connectivity index (χ1n) is 18.2. The number of hydrogen-bond acceptors (Lipinski definition) is 3. The van der Waals surface area contributed by atoms with Crippen molar-refractivity contribution in [3.63, 3.8) is 0 Å². The molecule has 3 nitrogen and oxygen atoms in total. The van der Waals surface area contributed by atoms with Crippen LogP contribution in [0.15, 0.2) is 193 Å². The van der Waals surface area contributed by atoms with Gasteiger partial charge in [0.1, 0.15) is 23.0 Å². The second-order valence-electron chi connectivity index (χ2n) is 14.0. The topological polar surface area (TPSA) is 25.6 Å². The average molecular weight is 680 g/mol. The lowest BCUT2D eigenvalue weighted by atomic mass is 9.90. The predicted molar refractivity (Wildman–Crippen MR) is 220 cm³/mol. The smallest absolute Gasteiger partial charge is 0.149 e. The standard InChI is InChI=1S/C50H33NO2/c1-3-13-32(14-4-1)33-25-27-37(28-26-33)51(44-24-12-23-42-41-22-11-21-38(49(41)53-50(42)44)34-15-5-2-6-16-34)45-31-47-48(40-20-10-9-19-39(40)45)43-29-35-17-7-8-18-36(35)30-46(43)52-47/h1-31,44,50H. The first-order valence-corrected chi connectivity index (χ1v) is 18.2. The van der Waals surface area contributed by atoms with E-state index in [1.807, 2.05) is 0 Å². The van der Waals surface area contributed by atoms with Gasteiger partial charge in [-0.25, -0.2) is 0 Å². The Morgan fingerprint density at radius 3 is 1.94 bits per heavy atom. The first-order chi connectivity index (χ1) is 26.3. The highest BCUT2D eigenvalue weighted by atomic mass is 16.5. The minimum Gasteiger partial charge on any atom is -0.482 e. The van der Waals surface area contributed by atoms with E-state index in [0.717, 1.165) is 66.5 Å². The molecule has 2 aliphatic rings. The second kappa shape index (κ2) is 11.9. The summed E-state index contributed by atoms with van der Waals surface area (Å²) in [6.07, 6.45) is 6.48. The second-order valence-corrected chi connectivity index (χ2v) is 14.0. The molecule has 11 rings (SSSR count). The summed E-state index contributed by atoms with van der Waals surface area (Å²) in [7, 11) is 0. The molecule has 1 aromatic heterocycles. The van der Waals surface area contributed by atoms with Crippen molar-refractivity contribution in [1.82, 2.24) is 0 Å². The summed E-state index contributed by atoms with van der Waals surface area (Å²) in [5.74, 6) is 0.938. The molecule has 1 aliphatic heterocycles. The van der Waals surface area contributed by atoms with Gasteiger partial charge in [0.05, 0.1) is 11.7 Å². The Balaban J connectivity index is 1.12. The Morgan fingerprint density at radius 1 is 0.491 bits per heavy atom. The molecular formula is C50H33NO2. The van der Waals surface area contributed by atoms with Crippen molar-refractivity contribution >= 4 is 60.4 Å². The molecule has 0 saturated heterocycles. The molecule has 0 fully saturated rings. The van der Waals surface area contributed by atoms with Gasteiger partial charge < -0.3 is 14.1 Å². The van der Waals surface area contributed by atoms with Gasteiger partial charge in [0.2, 0.25) is 0 Å². The van der Waals surface area contributed by atoms with Crippen LogP contribution >= 0.6 is 0 Å². The third-order valence-electron chi connectivity index (χ3n) is 11.0. The van der Waals surface area contributed by atoms with Crippen molar-refractivity contribution in [1.29, 1.82) is 0 Å².